The predicted molar refractivity (Wildman–Crippen MR) is 75.3 cm³/mol. The number of H-pyrrole nitrogens is 1. The van der Waals surface area contributed by atoms with Crippen LogP contribution in [-0.4, -0.2) is 9.97 Å². The molecule has 2 rings (SSSR count). The number of anilines is 1. The summed E-state index contributed by atoms with van der Waals surface area (Å²) in [6.45, 7) is 0. The molecule has 3 N–H and O–H groups in total. The highest BCUT2D eigenvalue weighted by atomic mass is 35.5. The molecule has 1 aromatic carbocycles. The summed E-state index contributed by atoms with van der Waals surface area (Å²) in [4.78, 5) is 17.8. The number of hydrogen-bond donors (Lipinski definition) is 2. The third-order valence-corrected chi connectivity index (χ3v) is 3.42. The maximum absolute atomic E-state index is 11.2. The summed E-state index contributed by atoms with van der Waals surface area (Å²) in [5, 5.41) is 1.62. The SMILES string of the molecule is Nc1cc(=O)[nH]c(SCc2cc(Cl)cc(Cl)c2)n1. The monoisotopic (exact) mass is 301 g/mol. The molecule has 0 saturated heterocycles. The smallest absolute Gasteiger partial charge is 0.253 e. The lowest BCUT2D eigenvalue weighted by Crippen LogP contribution is -2.09. The standard InChI is InChI=1S/C11H9Cl2N3OS/c12-7-1-6(2-8(13)3-7)5-18-11-15-9(14)4-10(17)16-11/h1-4H,5H2,(H3,14,15,16,17). The maximum Gasteiger partial charge on any atom is 0.253 e. The molecule has 2 aromatic rings. The zero-order valence-corrected chi connectivity index (χ0v) is 11.4. The molecule has 0 aliphatic heterocycles. The summed E-state index contributed by atoms with van der Waals surface area (Å²) < 4.78 is 0. The molecule has 1 heterocycles. The summed E-state index contributed by atoms with van der Waals surface area (Å²) >= 11 is 13.1. The Bertz CT molecular complexity index is 610. The molecule has 0 aliphatic rings. The average Bonchev–Trinajstić information content (AvgIpc) is 2.23. The molecule has 4 nitrogen and oxygen atoms in total. The van der Waals surface area contributed by atoms with Crippen molar-refractivity contribution in [3.8, 4) is 0 Å². The molecule has 0 fully saturated rings. The number of aromatic nitrogens is 2. The van der Waals surface area contributed by atoms with E-state index in [4.69, 9.17) is 28.9 Å². The average molecular weight is 302 g/mol. The van der Waals surface area contributed by atoms with Crippen LogP contribution in [0.5, 0.6) is 0 Å². The van der Waals surface area contributed by atoms with Crippen LogP contribution in [0, 0.1) is 0 Å². The van der Waals surface area contributed by atoms with Gasteiger partial charge in [0.25, 0.3) is 5.56 Å². The third kappa shape index (κ3) is 3.66. The Morgan fingerprint density at radius 3 is 2.50 bits per heavy atom. The summed E-state index contributed by atoms with van der Waals surface area (Å²) in [5.74, 6) is 0.789. The van der Waals surface area contributed by atoms with Crippen molar-refractivity contribution in [1.29, 1.82) is 0 Å². The Labute approximate surface area is 118 Å². The molecule has 0 amide bonds. The molecule has 0 bridgehead atoms. The number of aromatic amines is 1. The second-order valence-corrected chi connectivity index (χ2v) is 5.38. The van der Waals surface area contributed by atoms with Gasteiger partial charge < -0.3 is 10.7 Å². The van der Waals surface area contributed by atoms with Gasteiger partial charge in [0.1, 0.15) is 5.82 Å². The van der Waals surface area contributed by atoms with E-state index in [1.807, 2.05) is 12.1 Å². The Morgan fingerprint density at radius 1 is 1.22 bits per heavy atom. The summed E-state index contributed by atoms with van der Waals surface area (Å²) in [7, 11) is 0. The van der Waals surface area contributed by atoms with Crippen LogP contribution < -0.4 is 11.3 Å². The fourth-order valence-corrected chi connectivity index (χ4v) is 2.75. The van der Waals surface area contributed by atoms with Crippen molar-refractivity contribution in [2.45, 2.75) is 10.9 Å². The number of halogens is 2. The van der Waals surface area contributed by atoms with E-state index in [0.29, 0.717) is 21.0 Å². The minimum absolute atomic E-state index is 0.199. The van der Waals surface area contributed by atoms with Crippen molar-refractivity contribution in [3.63, 3.8) is 0 Å². The summed E-state index contributed by atoms with van der Waals surface area (Å²) in [6, 6.07) is 6.52. The van der Waals surface area contributed by atoms with E-state index in [9.17, 15) is 4.79 Å². The second kappa shape index (κ2) is 5.65. The fourth-order valence-electron chi connectivity index (χ4n) is 1.37. The Hall–Kier alpha value is -1.17. The van der Waals surface area contributed by atoms with Gasteiger partial charge in [-0.1, -0.05) is 35.0 Å². The van der Waals surface area contributed by atoms with Gasteiger partial charge in [-0.3, -0.25) is 4.79 Å². The van der Waals surface area contributed by atoms with Crippen molar-refractivity contribution in [3.05, 3.63) is 50.2 Å². The molecule has 0 aliphatic carbocycles. The molecule has 0 unspecified atom stereocenters. The van der Waals surface area contributed by atoms with Crippen molar-refractivity contribution < 1.29 is 0 Å². The van der Waals surface area contributed by atoms with Crippen LogP contribution in [-0.2, 0) is 5.75 Å². The van der Waals surface area contributed by atoms with Gasteiger partial charge in [0.2, 0.25) is 0 Å². The molecule has 7 heteroatoms. The molecule has 18 heavy (non-hydrogen) atoms. The third-order valence-electron chi connectivity index (χ3n) is 2.04. The number of hydrogen-bond acceptors (Lipinski definition) is 4. The van der Waals surface area contributed by atoms with E-state index in [1.165, 1.54) is 17.8 Å². The van der Waals surface area contributed by atoms with Gasteiger partial charge in [-0.2, -0.15) is 0 Å². The largest absolute Gasteiger partial charge is 0.383 e. The second-order valence-electron chi connectivity index (χ2n) is 3.54. The number of nitrogens with two attached hydrogens (primary N) is 1. The molecule has 0 radical (unpaired) electrons. The topological polar surface area (TPSA) is 71.8 Å². The van der Waals surface area contributed by atoms with Gasteiger partial charge in [-0.25, -0.2) is 4.98 Å². The zero-order valence-electron chi connectivity index (χ0n) is 9.11. The van der Waals surface area contributed by atoms with E-state index in [0.717, 1.165) is 5.56 Å². The van der Waals surface area contributed by atoms with E-state index < -0.39 is 0 Å². The Morgan fingerprint density at radius 2 is 1.89 bits per heavy atom. The Kier molecular flexibility index (Phi) is 4.16. The van der Waals surface area contributed by atoms with Gasteiger partial charge in [0.05, 0.1) is 0 Å². The first kappa shape index (κ1) is 13.3. The lowest BCUT2D eigenvalue weighted by Gasteiger charge is -2.03. The van der Waals surface area contributed by atoms with Crippen LogP contribution in [0.15, 0.2) is 34.2 Å². The van der Waals surface area contributed by atoms with Crippen LogP contribution in [0.1, 0.15) is 5.56 Å². The number of nitrogens with zero attached hydrogens (tertiary/aromatic N) is 1. The van der Waals surface area contributed by atoms with Crippen LogP contribution in [0.25, 0.3) is 0 Å². The van der Waals surface area contributed by atoms with Crippen molar-refractivity contribution >= 4 is 40.8 Å². The lowest BCUT2D eigenvalue weighted by molar-refractivity contribution is 0.945. The number of rotatable bonds is 3. The zero-order chi connectivity index (χ0) is 13.1. The molecular formula is C11H9Cl2N3OS. The van der Waals surface area contributed by atoms with Gasteiger partial charge in [-0.15, -0.1) is 0 Å². The first-order valence-corrected chi connectivity index (χ1v) is 6.72. The number of nitrogens with one attached hydrogen (secondary N) is 1. The van der Waals surface area contributed by atoms with Crippen LogP contribution >= 0.6 is 35.0 Å². The first-order valence-electron chi connectivity index (χ1n) is 4.97. The quantitative estimate of drug-likeness (QED) is 0.675. The van der Waals surface area contributed by atoms with E-state index in [1.54, 1.807) is 6.07 Å². The number of thioether (sulfide) groups is 1. The van der Waals surface area contributed by atoms with Gasteiger partial charge in [0.15, 0.2) is 5.16 Å². The normalized spacial score (nSPS) is 10.6. The van der Waals surface area contributed by atoms with Crippen molar-refractivity contribution in [2.24, 2.45) is 0 Å². The summed E-state index contributed by atoms with van der Waals surface area (Å²) in [5.41, 5.74) is 6.17. The predicted octanol–water partition coefficient (Wildman–Crippen LogP) is 2.95. The van der Waals surface area contributed by atoms with Crippen LogP contribution in [0.3, 0.4) is 0 Å². The van der Waals surface area contributed by atoms with E-state index in [-0.39, 0.29) is 11.4 Å². The minimum Gasteiger partial charge on any atom is -0.383 e. The highest BCUT2D eigenvalue weighted by molar-refractivity contribution is 7.98. The molecule has 0 saturated carbocycles. The van der Waals surface area contributed by atoms with E-state index >= 15 is 0 Å². The van der Waals surface area contributed by atoms with E-state index in [2.05, 4.69) is 9.97 Å². The van der Waals surface area contributed by atoms with Crippen LogP contribution in [0.2, 0.25) is 10.0 Å². The van der Waals surface area contributed by atoms with Gasteiger partial charge >= 0.3 is 0 Å². The molecule has 0 atom stereocenters. The number of nitrogen functional groups attached to an aromatic ring is 1. The molecule has 1 aromatic heterocycles. The fraction of sp³-hybridized carbons (Fsp3) is 0.0909. The maximum atomic E-state index is 11.2. The Balaban J connectivity index is 2.13. The molecule has 0 spiro atoms. The highest BCUT2D eigenvalue weighted by Crippen LogP contribution is 2.24. The molecule has 94 valence electrons. The van der Waals surface area contributed by atoms with Gasteiger partial charge in [-0.05, 0) is 23.8 Å². The van der Waals surface area contributed by atoms with Crippen molar-refractivity contribution in [1.82, 2.24) is 9.97 Å². The van der Waals surface area contributed by atoms with Crippen molar-refractivity contribution in [2.75, 3.05) is 5.73 Å². The summed E-state index contributed by atoms with van der Waals surface area (Å²) in [6.07, 6.45) is 0. The minimum atomic E-state index is -0.269. The lowest BCUT2D eigenvalue weighted by atomic mass is 10.2. The highest BCUT2D eigenvalue weighted by Gasteiger charge is 2.03. The molecular weight excluding hydrogens is 293 g/mol. The van der Waals surface area contributed by atoms with Crippen LogP contribution in [0.4, 0.5) is 5.82 Å². The first-order chi connectivity index (χ1) is 8.52. The van der Waals surface area contributed by atoms with Gasteiger partial charge in [0, 0.05) is 21.9 Å². The number of benzene rings is 1.